The Hall–Kier alpha value is -2.19. The highest BCUT2D eigenvalue weighted by Crippen LogP contribution is 2.65. The van der Waals surface area contributed by atoms with E-state index < -0.39 is 35.0 Å². The summed E-state index contributed by atoms with van der Waals surface area (Å²) in [6.45, 7) is 13.9. The van der Waals surface area contributed by atoms with Gasteiger partial charge in [-0.3, -0.25) is 14.4 Å². The lowest BCUT2D eigenvalue weighted by Gasteiger charge is -2.37. The van der Waals surface area contributed by atoms with Crippen LogP contribution in [0.25, 0.3) is 0 Å². The molecule has 8 nitrogen and oxygen atoms in total. The van der Waals surface area contributed by atoms with Gasteiger partial charge in [-0.05, 0) is 25.7 Å². The van der Waals surface area contributed by atoms with E-state index in [1.54, 1.807) is 11.0 Å². The molecule has 3 fully saturated rings. The lowest BCUT2D eigenvalue weighted by atomic mass is 9.62. The molecule has 0 aliphatic carbocycles. The first-order valence-electron chi connectivity index (χ1n) is 11.5. The van der Waals surface area contributed by atoms with Gasteiger partial charge in [0.15, 0.2) is 0 Å². The van der Waals surface area contributed by atoms with Gasteiger partial charge in [0.25, 0.3) is 0 Å². The number of esters is 1. The van der Waals surface area contributed by atoms with Gasteiger partial charge in [-0.2, -0.15) is 0 Å². The highest BCUT2D eigenvalue weighted by atomic mass is 16.6. The molecule has 3 unspecified atom stereocenters. The number of amides is 2. The van der Waals surface area contributed by atoms with Crippen molar-refractivity contribution in [3.05, 3.63) is 25.3 Å². The minimum absolute atomic E-state index is 0.00603. The van der Waals surface area contributed by atoms with Crippen molar-refractivity contribution in [2.45, 2.75) is 57.3 Å². The Morgan fingerprint density at radius 3 is 2.69 bits per heavy atom. The molecule has 1 N–H and O–H groups in total. The first-order chi connectivity index (χ1) is 15.2. The van der Waals surface area contributed by atoms with Gasteiger partial charge >= 0.3 is 5.97 Å². The normalized spacial score (nSPS) is 35.0. The molecular formula is C24H36N2O6. The number of aliphatic hydroxyl groups is 1. The maximum atomic E-state index is 13.9. The number of nitrogens with zero attached hydrogens (tertiary/aromatic N) is 2. The maximum absolute atomic E-state index is 13.9. The molecule has 3 aliphatic rings. The van der Waals surface area contributed by atoms with Crippen LogP contribution < -0.4 is 0 Å². The van der Waals surface area contributed by atoms with Gasteiger partial charge < -0.3 is 24.4 Å². The fraction of sp³-hybridized carbons (Fsp3) is 0.708. The molecule has 2 amide bonds. The summed E-state index contributed by atoms with van der Waals surface area (Å²) in [6.07, 6.45) is 5.38. The third-order valence-corrected chi connectivity index (χ3v) is 7.43. The Balaban J connectivity index is 2.05. The van der Waals surface area contributed by atoms with E-state index >= 15 is 0 Å². The van der Waals surface area contributed by atoms with E-state index in [2.05, 4.69) is 13.2 Å². The number of ether oxygens (including phenoxy) is 2. The zero-order valence-electron chi connectivity index (χ0n) is 19.4. The van der Waals surface area contributed by atoms with E-state index in [1.807, 2.05) is 20.8 Å². The molecule has 8 heteroatoms. The van der Waals surface area contributed by atoms with Gasteiger partial charge in [-0.15, -0.1) is 6.58 Å². The van der Waals surface area contributed by atoms with Gasteiger partial charge in [0.1, 0.15) is 24.2 Å². The largest absolute Gasteiger partial charge is 0.461 e. The number of rotatable bonds is 11. The number of carbonyl (C=O) groups excluding carboxylic acids is 3. The third-order valence-electron chi connectivity index (χ3n) is 7.43. The smallest absolute Gasteiger partial charge is 0.313 e. The Bertz CT molecular complexity index is 784. The SMILES string of the molecule is C=CCOC(=O)[C@H]1[C@H]2C(=O)N(CCO)C(C(=O)N(CC=C)CCCC)C23CC(C)[C@]1(C)O3. The quantitative estimate of drug-likeness (QED) is 0.380. The van der Waals surface area contributed by atoms with E-state index in [1.165, 1.54) is 11.0 Å². The van der Waals surface area contributed by atoms with Crippen molar-refractivity contribution in [1.82, 2.24) is 9.80 Å². The summed E-state index contributed by atoms with van der Waals surface area (Å²) < 4.78 is 11.9. The van der Waals surface area contributed by atoms with Crippen LogP contribution in [0.1, 0.15) is 40.0 Å². The zero-order valence-corrected chi connectivity index (χ0v) is 19.4. The molecule has 0 aromatic rings. The Morgan fingerprint density at radius 2 is 2.09 bits per heavy atom. The summed E-state index contributed by atoms with van der Waals surface area (Å²) in [5.41, 5.74) is -2.03. The van der Waals surface area contributed by atoms with Gasteiger partial charge in [-0.1, -0.05) is 39.0 Å². The number of β-amino-alcohol motifs (C(OH)–C–C–N with tert-alkyl or cyclic N) is 1. The second kappa shape index (κ2) is 9.35. The molecular weight excluding hydrogens is 412 g/mol. The van der Waals surface area contributed by atoms with Crippen molar-refractivity contribution in [1.29, 1.82) is 0 Å². The molecule has 0 aromatic heterocycles. The second-order valence-electron chi connectivity index (χ2n) is 9.30. The molecule has 2 bridgehead atoms. The molecule has 0 aromatic carbocycles. The first-order valence-corrected chi connectivity index (χ1v) is 11.5. The van der Waals surface area contributed by atoms with Crippen LogP contribution in [0.15, 0.2) is 25.3 Å². The van der Waals surface area contributed by atoms with E-state index in [9.17, 15) is 19.5 Å². The van der Waals surface area contributed by atoms with Crippen LogP contribution >= 0.6 is 0 Å². The number of hydrogen-bond acceptors (Lipinski definition) is 6. The van der Waals surface area contributed by atoms with Crippen molar-refractivity contribution in [3.63, 3.8) is 0 Å². The fourth-order valence-electron chi connectivity index (χ4n) is 5.92. The summed E-state index contributed by atoms with van der Waals surface area (Å²) in [5, 5.41) is 9.67. The monoisotopic (exact) mass is 448 g/mol. The average Bonchev–Trinajstić information content (AvgIpc) is 3.26. The molecule has 178 valence electrons. The number of likely N-dealkylation sites (tertiary alicyclic amines) is 1. The number of carbonyl (C=O) groups is 3. The van der Waals surface area contributed by atoms with Crippen LogP contribution in [0, 0.1) is 17.8 Å². The average molecular weight is 449 g/mol. The van der Waals surface area contributed by atoms with E-state index in [4.69, 9.17) is 9.47 Å². The van der Waals surface area contributed by atoms with Crippen molar-refractivity contribution in [2.24, 2.45) is 17.8 Å². The molecule has 6 atom stereocenters. The zero-order chi connectivity index (χ0) is 23.7. The van der Waals surface area contributed by atoms with Crippen LogP contribution in [-0.2, 0) is 23.9 Å². The summed E-state index contributed by atoms with van der Waals surface area (Å²) in [5.74, 6) is -2.76. The number of unbranched alkanes of at least 4 members (excludes halogenated alkanes) is 1. The van der Waals surface area contributed by atoms with Crippen LogP contribution in [0.2, 0.25) is 0 Å². The highest BCUT2D eigenvalue weighted by Gasteiger charge is 2.80. The minimum Gasteiger partial charge on any atom is -0.461 e. The second-order valence-corrected chi connectivity index (χ2v) is 9.30. The predicted octanol–water partition coefficient (Wildman–Crippen LogP) is 1.53. The molecule has 3 aliphatic heterocycles. The number of aliphatic hydroxyl groups excluding tert-OH is 1. The molecule has 0 saturated carbocycles. The van der Waals surface area contributed by atoms with Crippen LogP contribution in [0.3, 0.4) is 0 Å². The Kier molecular flexibility index (Phi) is 7.15. The van der Waals surface area contributed by atoms with Crippen molar-refractivity contribution >= 4 is 17.8 Å². The Labute approximate surface area is 190 Å². The third kappa shape index (κ3) is 3.57. The van der Waals surface area contributed by atoms with Crippen molar-refractivity contribution in [2.75, 3.05) is 32.8 Å². The van der Waals surface area contributed by atoms with Crippen molar-refractivity contribution in [3.8, 4) is 0 Å². The molecule has 3 heterocycles. The summed E-state index contributed by atoms with van der Waals surface area (Å²) in [6, 6.07) is -0.898. The molecule has 0 radical (unpaired) electrons. The van der Waals surface area contributed by atoms with Gasteiger partial charge in [0.05, 0.1) is 18.1 Å². The van der Waals surface area contributed by atoms with Gasteiger partial charge in [0.2, 0.25) is 11.8 Å². The topological polar surface area (TPSA) is 96.4 Å². The molecule has 32 heavy (non-hydrogen) atoms. The fourth-order valence-corrected chi connectivity index (χ4v) is 5.92. The maximum Gasteiger partial charge on any atom is 0.313 e. The molecule has 1 spiro atoms. The van der Waals surface area contributed by atoms with Crippen LogP contribution in [0.5, 0.6) is 0 Å². The van der Waals surface area contributed by atoms with E-state index in [0.717, 1.165) is 12.8 Å². The van der Waals surface area contributed by atoms with Gasteiger partial charge in [-0.25, -0.2) is 0 Å². The summed E-state index contributed by atoms with van der Waals surface area (Å²) in [7, 11) is 0. The predicted molar refractivity (Wildman–Crippen MR) is 118 cm³/mol. The highest BCUT2D eigenvalue weighted by molar-refractivity contribution is 5.98. The number of hydrogen-bond donors (Lipinski definition) is 1. The molecule has 3 saturated heterocycles. The van der Waals surface area contributed by atoms with Gasteiger partial charge in [0, 0.05) is 19.6 Å². The van der Waals surface area contributed by atoms with Crippen LogP contribution in [-0.4, -0.2) is 82.8 Å². The summed E-state index contributed by atoms with van der Waals surface area (Å²) in [4.78, 5) is 43.7. The van der Waals surface area contributed by atoms with E-state index in [0.29, 0.717) is 19.5 Å². The first kappa shape index (κ1) is 24.5. The van der Waals surface area contributed by atoms with Crippen LogP contribution in [0.4, 0.5) is 0 Å². The minimum atomic E-state index is -1.12. The van der Waals surface area contributed by atoms with E-state index in [-0.39, 0.29) is 37.5 Å². The molecule has 3 rings (SSSR count). The lowest BCUT2D eigenvalue weighted by molar-refractivity contribution is -0.161. The number of fused-ring (bicyclic) bond motifs is 1. The lowest BCUT2D eigenvalue weighted by Crippen LogP contribution is -2.57. The standard InChI is InChI=1S/C24H36N2O6/c1-6-9-11-25(10-7-2)21(29)19-24-15-16(4)23(5,32-24)18(22(30)31-14-8-3)17(24)20(28)26(19)12-13-27/h7-8,16-19,27H,2-3,6,9-15H2,1,4-5H3/t16?,17-,18+,19?,23-,24?/m0/s1. The van der Waals surface area contributed by atoms with Crippen molar-refractivity contribution < 1.29 is 29.0 Å². The Morgan fingerprint density at radius 1 is 1.38 bits per heavy atom. The summed E-state index contributed by atoms with van der Waals surface area (Å²) >= 11 is 0.